The van der Waals surface area contributed by atoms with E-state index in [1.165, 1.54) is 0 Å². The number of phosphoric acid groups is 1. The highest BCUT2D eigenvalue weighted by atomic mass is 31.2. The standard InChI is InChI=1S/C3H7N2O5P/c1-2(6)3(5-4)10-11(7,8)9/h2,6H,1H3,(H2,7,8,9). The summed E-state index contributed by atoms with van der Waals surface area (Å²) in [4.78, 5) is 18.6. The average molecular weight is 182 g/mol. The van der Waals surface area contributed by atoms with Gasteiger partial charge in [-0.15, -0.1) is 4.79 Å². The monoisotopic (exact) mass is 182 g/mol. The highest BCUT2D eigenvalue weighted by molar-refractivity contribution is 7.46. The summed E-state index contributed by atoms with van der Waals surface area (Å²) in [6, 6.07) is 0. The van der Waals surface area contributed by atoms with Gasteiger partial charge in [0.25, 0.3) is 0 Å². The highest BCUT2D eigenvalue weighted by Crippen LogP contribution is 2.36. The lowest BCUT2D eigenvalue weighted by Crippen LogP contribution is -2.19. The maximum absolute atomic E-state index is 10.1. The van der Waals surface area contributed by atoms with Crippen LogP contribution >= 0.6 is 7.82 Å². The molecule has 0 aromatic rings. The van der Waals surface area contributed by atoms with E-state index in [-0.39, 0.29) is 0 Å². The fourth-order valence-electron chi connectivity index (χ4n) is 0.300. The van der Waals surface area contributed by atoms with Crippen molar-refractivity contribution >= 4 is 13.7 Å². The third kappa shape index (κ3) is 4.66. The molecule has 0 saturated carbocycles. The van der Waals surface area contributed by atoms with E-state index < -0.39 is 19.8 Å². The maximum Gasteiger partial charge on any atom is 0.529 e. The van der Waals surface area contributed by atoms with Gasteiger partial charge in [0.2, 0.25) is 0 Å². The Morgan fingerprint density at radius 2 is 2.18 bits per heavy atom. The first-order valence-electron chi connectivity index (χ1n) is 2.52. The first kappa shape index (κ1) is 10.3. The Morgan fingerprint density at radius 3 is 2.27 bits per heavy atom. The first-order chi connectivity index (χ1) is 4.87. The molecule has 0 aliphatic rings. The Balaban J connectivity index is 4.37. The van der Waals surface area contributed by atoms with Crippen LogP contribution in [0, 0.1) is 0 Å². The van der Waals surface area contributed by atoms with Crippen LogP contribution in [0.1, 0.15) is 6.92 Å². The predicted molar refractivity (Wildman–Crippen MR) is 33.4 cm³/mol. The Morgan fingerprint density at radius 1 is 1.73 bits per heavy atom. The molecule has 3 N–H and O–H groups in total. The number of aliphatic hydroxyl groups is 1. The summed E-state index contributed by atoms with van der Waals surface area (Å²) in [6.45, 7) is 1.13. The smallest absolute Gasteiger partial charge is 0.378 e. The van der Waals surface area contributed by atoms with Gasteiger partial charge in [-0.25, -0.2) is 4.57 Å². The van der Waals surface area contributed by atoms with Gasteiger partial charge in [-0.3, -0.25) is 9.79 Å². The van der Waals surface area contributed by atoms with Gasteiger partial charge in [0.1, 0.15) is 0 Å². The molecular formula is C3H7N2O5P. The summed E-state index contributed by atoms with van der Waals surface area (Å²) in [5.41, 5.74) is 8.02. The van der Waals surface area contributed by atoms with E-state index in [9.17, 15) is 4.57 Å². The van der Waals surface area contributed by atoms with Crippen LogP contribution in [-0.4, -0.2) is 31.7 Å². The molecule has 0 amide bonds. The number of hydrogen-bond donors (Lipinski definition) is 3. The number of phosphoric ester groups is 1. The summed E-state index contributed by atoms with van der Waals surface area (Å²) in [5.74, 6) is -0.821. The van der Waals surface area contributed by atoms with Crippen LogP contribution in [0.5, 0.6) is 0 Å². The molecule has 11 heavy (non-hydrogen) atoms. The van der Waals surface area contributed by atoms with Gasteiger partial charge in [0, 0.05) is 0 Å². The van der Waals surface area contributed by atoms with Crippen LogP contribution in [0.2, 0.25) is 0 Å². The van der Waals surface area contributed by atoms with Crippen LogP contribution in [0.4, 0.5) is 0 Å². The van der Waals surface area contributed by atoms with E-state index >= 15 is 0 Å². The molecule has 1 unspecified atom stereocenters. The second-order valence-electron chi connectivity index (χ2n) is 1.70. The zero-order chi connectivity index (χ0) is 9.07. The predicted octanol–water partition coefficient (Wildman–Crippen LogP) is -0.895. The summed E-state index contributed by atoms with van der Waals surface area (Å²) >= 11 is 0. The first-order valence-corrected chi connectivity index (χ1v) is 4.05. The molecule has 1 atom stereocenters. The van der Waals surface area contributed by atoms with Crippen LogP contribution < -0.4 is 0 Å². The molecule has 0 aromatic carbocycles. The minimum Gasteiger partial charge on any atom is -0.378 e. The SMILES string of the molecule is CC(O)C(=[N+]=[N-])OP(=O)(O)O. The third-order valence-corrected chi connectivity index (χ3v) is 1.09. The molecule has 0 aliphatic carbocycles. The zero-order valence-electron chi connectivity index (χ0n) is 5.58. The van der Waals surface area contributed by atoms with E-state index in [0.29, 0.717) is 0 Å². The zero-order valence-corrected chi connectivity index (χ0v) is 6.47. The van der Waals surface area contributed by atoms with Gasteiger partial charge in [-0.1, -0.05) is 0 Å². The Kier molecular flexibility index (Phi) is 3.38. The molecular weight excluding hydrogens is 175 g/mol. The van der Waals surface area contributed by atoms with Gasteiger partial charge in [0.15, 0.2) is 6.10 Å². The molecule has 0 fully saturated rings. The minimum atomic E-state index is -4.74. The highest BCUT2D eigenvalue weighted by Gasteiger charge is 2.28. The van der Waals surface area contributed by atoms with Gasteiger partial charge >= 0.3 is 13.7 Å². The molecule has 0 spiro atoms. The van der Waals surface area contributed by atoms with Crippen molar-refractivity contribution in [2.45, 2.75) is 13.0 Å². The minimum absolute atomic E-state index is 0.821. The quantitative estimate of drug-likeness (QED) is 0.168. The summed E-state index contributed by atoms with van der Waals surface area (Å²) in [5, 5.41) is 8.62. The molecule has 0 rings (SSSR count). The second kappa shape index (κ2) is 3.61. The van der Waals surface area contributed by atoms with Crippen molar-refractivity contribution in [3.05, 3.63) is 5.53 Å². The number of rotatable bonds is 2. The van der Waals surface area contributed by atoms with Crippen LogP contribution in [0.3, 0.4) is 0 Å². The number of aliphatic hydroxyl groups excluding tert-OH is 1. The van der Waals surface area contributed by atoms with E-state index in [2.05, 4.69) is 9.31 Å². The van der Waals surface area contributed by atoms with Crippen LogP contribution in [0.15, 0.2) is 0 Å². The van der Waals surface area contributed by atoms with Gasteiger partial charge in [-0.05, 0) is 6.92 Å². The third-order valence-electron chi connectivity index (χ3n) is 0.668. The molecule has 0 aromatic heterocycles. The lowest BCUT2D eigenvalue weighted by Gasteiger charge is -2.02. The molecule has 0 aliphatic heterocycles. The topological polar surface area (TPSA) is 123 Å². The lowest BCUT2D eigenvalue weighted by molar-refractivity contribution is -0.0465. The van der Waals surface area contributed by atoms with Crippen molar-refractivity contribution in [1.82, 2.24) is 0 Å². The fourth-order valence-corrected chi connectivity index (χ4v) is 0.733. The van der Waals surface area contributed by atoms with Crippen molar-refractivity contribution in [2.24, 2.45) is 0 Å². The molecule has 0 bridgehead atoms. The summed E-state index contributed by atoms with van der Waals surface area (Å²) in [6.07, 6.45) is -1.37. The lowest BCUT2D eigenvalue weighted by atomic mass is 10.4. The van der Waals surface area contributed by atoms with Crippen molar-refractivity contribution in [2.75, 3.05) is 0 Å². The van der Waals surface area contributed by atoms with Crippen molar-refractivity contribution in [3.8, 4) is 0 Å². The van der Waals surface area contributed by atoms with E-state index in [1.807, 2.05) is 0 Å². The molecule has 0 heterocycles. The van der Waals surface area contributed by atoms with Gasteiger partial charge < -0.3 is 15.2 Å². The van der Waals surface area contributed by atoms with Crippen LogP contribution in [0.25, 0.3) is 5.53 Å². The fraction of sp³-hybridized carbons (Fsp3) is 0.667. The van der Waals surface area contributed by atoms with Gasteiger partial charge in [0.05, 0.1) is 0 Å². The summed E-state index contributed by atoms with van der Waals surface area (Å²) < 4.78 is 13.8. The second-order valence-corrected chi connectivity index (χ2v) is 2.86. The Hall–Kier alpha value is -0.710. The molecule has 64 valence electrons. The Labute approximate surface area is 62.1 Å². The van der Waals surface area contributed by atoms with Crippen molar-refractivity contribution in [1.29, 1.82) is 0 Å². The molecule has 7 nitrogen and oxygen atoms in total. The van der Waals surface area contributed by atoms with E-state index in [0.717, 1.165) is 6.92 Å². The molecule has 0 radical (unpaired) electrons. The Bertz CT molecular complexity index is 226. The summed E-state index contributed by atoms with van der Waals surface area (Å²) in [7, 11) is -4.74. The molecule has 0 saturated heterocycles. The molecule has 8 heteroatoms. The van der Waals surface area contributed by atoms with E-state index in [4.69, 9.17) is 20.4 Å². The van der Waals surface area contributed by atoms with Crippen LogP contribution in [-0.2, 0) is 9.09 Å². The average Bonchev–Trinajstić information content (AvgIpc) is 1.80. The van der Waals surface area contributed by atoms with Crippen molar-refractivity contribution < 1.29 is 28.8 Å². The van der Waals surface area contributed by atoms with Gasteiger partial charge in [-0.2, -0.15) is 0 Å². The maximum atomic E-state index is 10.1. The number of nitrogens with zero attached hydrogens (tertiary/aromatic N) is 2. The van der Waals surface area contributed by atoms with Crippen molar-refractivity contribution in [3.63, 3.8) is 0 Å². The number of hydrogen-bond acceptors (Lipinski definition) is 3. The normalized spacial score (nSPS) is 13.5. The van der Waals surface area contributed by atoms with E-state index in [1.54, 1.807) is 0 Å². The largest absolute Gasteiger partial charge is 0.529 e.